The van der Waals surface area contributed by atoms with Crippen molar-refractivity contribution >= 4 is 47.0 Å². The van der Waals surface area contributed by atoms with Gasteiger partial charge in [-0.2, -0.15) is 10.5 Å². The molecule has 0 spiro atoms. The SMILES string of the molecule is CC(C)(C)c1ccc(Sc2c(C#N)c(C#N)c(Sc3ccc(C(C)(C)C)cc3)c(Sc3ccc(C(C)(C)C)cc3)c2Sc2ccc(C(C)(C)C)cc2)cc1. The van der Waals surface area contributed by atoms with Gasteiger partial charge in [0.1, 0.15) is 12.1 Å². The Balaban J connectivity index is 1.78. The van der Waals surface area contributed by atoms with Crippen LogP contribution in [0.15, 0.2) is 136 Å². The molecule has 0 N–H and O–H groups in total. The minimum atomic E-state index is 0.0194. The highest BCUT2D eigenvalue weighted by Crippen LogP contribution is 2.54. The lowest BCUT2D eigenvalue weighted by molar-refractivity contribution is 0.589. The van der Waals surface area contributed by atoms with Crippen LogP contribution in [0.5, 0.6) is 0 Å². The van der Waals surface area contributed by atoms with Gasteiger partial charge >= 0.3 is 0 Å². The molecule has 0 bridgehead atoms. The summed E-state index contributed by atoms with van der Waals surface area (Å²) >= 11 is 6.50. The van der Waals surface area contributed by atoms with Crippen molar-refractivity contribution in [2.75, 3.05) is 0 Å². The van der Waals surface area contributed by atoms with Crippen LogP contribution in [0.4, 0.5) is 0 Å². The average Bonchev–Trinajstić information content (AvgIpc) is 3.09. The average molecular weight is 785 g/mol. The maximum absolute atomic E-state index is 10.9. The summed E-state index contributed by atoms with van der Waals surface area (Å²) in [7, 11) is 0. The molecule has 0 aliphatic heterocycles. The number of nitrogens with zero attached hydrogens (tertiary/aromatic N) is 2. The van der Waals surface area contributed by atoms with Crippen LogP contribution in [0.3, 0.4) is 0 Å². The molecule has 0 amide bonds. The predicted octanol–water partition coefficient (Wildman–Crippen LogP) is 15.2. The second kappa shape index (κ2) is 16.3. The molecule has 0 heterocycles. The standard InChI is InChI=1S/C48H52N2S4/c1-45(2,3)31-13-21-35(22-14-31)51-41-39(29-49)40(30-50)42(52-36-23-15-32(16-24-36)46(4,5)6)44(54-38-27-19-34(20-28-38)48(10,11)12)43(41)53-37-25-17-33(18-26-37)47(7,8)9/h13-28H,1-12H3. The Kier molecular flexibility index (Phi) is 12.6. The first-order chi connectivity index (χ1) is 25.2. The fourth-order valence-corrected chi connectivity index (χ4v) is 10.4. The topological polar surface area (TPSA) is 47.6 Å². The Hall–Kier alpha value is -3.52. The van der Waals surface area contributed by atoms with E-state index < -0.39 is 0 Å². The second-order valence-electron chi connectivity index (χ2n) is 17.8. The molecule has 5 aromatic carbocycles. The molecule has 0 aliphatic rings. The van der Waals surface area contributed by atoms with Crippen molar-refractivity contribution in [2.45, 2.75) is 144 Å². The fraction of sp³-hybridized carbons (Fsp3) is 0.333. The highest BCUT2D eigenvalue weighted by atomic mass is 32.2. The fourth-order valence-electron chi connectivity index (χ4n) is 5.82. The van der Waals surface area contributed by atoms with E-state index in [0.717, 1.165) is 39.2 Å². The first-order valence-corrected chi connectivity index (χ1v) is 21.6. The summed E-state index contributed by atoms with van der Waals surface area (Å²) in [4.78, 5) is 7.80. The smallest absolute Gasteiger partial charge is 0.102 e. The number of rotatable bonds is 8. The highest BCUT2D eigenvalue weighted by Gasteiger charge is 2.28. The third-order valence-electron chi connectivity index (χ3n) is 9.31. The monoisotopic (exact) mass is 784 g/mol. The van der Waals surface area contributed by atoms with E-state index in [1.54, 1.807) is 47.0 Å². The lowest BCUT2D eigenvalue weighted by Gasteiger charge is -2.23. The molecule has 54 heavy (non-hydrogen) atoms. The van der Waals surface area contributed by atoms with Gasteiger partial charge < -0.3 is 0 Å². The third-order valence-corrected chi connectivity index (χ3v) is 14.2. The van der Waals surface area contributed by atoms with Crippen LogP contribution in [0.2, 0.25) is 0 Å². The molecular weight excluding hydrogens is 733 g/mol. The third kappa shape index (κ3) is 10.0. The van der Waals surface area contributed by atoms with Gasteiger partial charge in [-0.25, -0.2) is 0 Å². The van der Waals surface area contributed by atoms with Crippen molar-refractivity contribution in [1.82, 2.24) is 0 Å². The Bertz CT molecular complexity index is 2020. The summed E-state index contributed by atoms with van der Waals surface area (Å²) < 4.78 is 0. The van der Waals surface area contributed by atoms with Crippen LogP contribution in [0, 0.1) is 22.7 Å². The van der Waals surface area contributed by atoms with Crippen molar-refractivity contribution in [3.8, 4) is 12.1 Å². The zero-order valence-electron chi connectivity index (χ0n) is 33.8. The van der Waals surface area contributed by atoms with E-state index in [-0.39, 0.29) is 21.7 Å². The molecule has 0 unspecified atom stereocenters. The summed E-state index contributed by atoms with van der Waals surface area (Å²) in [5.41, 5.74) is 5.95. The van der Waals surface area contributed by atoms with Gasteiger partial charge in [-0.1, -0.05) is 179 Å². The lowest BCUT2D eigenvalue weighted by Crippen LogP contribution is -2.10. The van der Waals surface area contributed by atoms with Crippen molar-refractivity contribution < 1.29 is 0 Å². The quantitative estimate of drug-likeness (QED) is 0.156. The molecule has 0 saturated carbocycles. The van der Waals surface area contributed by atoms with Gasteiger partial charge in [0.25, 0.3) is 0 Å². The Morgan fingerprint density at radius 3 is 0.667 bits per heavy atom. The van der Waals surface area contributed by atoms with Crippen molar-refractivity contribution in [2.24, 2.45) is 0 Å². The molecule has 0 aliphatic carbocycles. The van der Waals surface area contributed by atoms with Gasteiger partial charge in [0.2, 0.25) is 0 Å². The summed E-state index contributed by atoms with van der Waals surface area (Å²) in [5.74, 6) is 0. The van der Waals surface area contributed by atoms with E-state index in [2.05, 4.69) is 192 Å². The first kappa shape index (κ1) is 41.6. The van der Waals surface area contributed by atoms with Gasteiger partial charge in [0.05, 0.1) is 11.1 Å². The second-order valence-corrected chi connectivity index (χ2v) is 22.1. The molecule has 0 aromatic heterocycles. The van der Waals surface area contributed by atoms with E-state index >= 15 is 0 Å². The Morgan fingerprint density at radius 1 is 0.315 bits per heavy atom. The largest absolute Gasteiger partial charge is 0.192 e. The van der Waals surface area contributed by atoms with E-state index in [9.17, 15) is 10.5 Å². The van der Waals surface area contributed by atoms with Gasteiger partial charge in [0.15, 0.2) is 0 Å². The van der Waals surface area contributed by atoms with E-state index in [0.29, 0.717) is 11.1 Å². The van der Waals surface area contributed by atoms with Gasteiger partial charge in [0, 0.05) is 39.2 Å². The maximum atomic E-state index is 10.9. The van der Waals surface area contributed by atoms with E-state index in [1.165, 1.54) is 22.3 Å². The zero-order valence-corrected chi connectivity index (χ0v) is 37.0. The number of nitriles is 2. The lowest BCUT2D eigenvalue weighted by atomic mass is 9.87. The number of benzene rings is 5. The summed E-state index contributed by atoms with van der Waals surface area (Å²) in [6.45, 7) is 26.7. The van der Waals surface area contributed by atoms with Gasteiger partial charge in [-0.15, -0.1) is 0 Å². The molecule has 278 valence electrons. The minimum Gasteiger partial charge on any atom is -0.192 e. The molecular formula is C48H52N2S4. The molecule has 5 aromatic rings. The van der Waals surface area contributed by atoms with Crippen LogP contribution in [0.25, 0.3) is 0 Å². The highest BCUT2D eigenvalue weighted by molar-refractivity contribution is 8.05. The van der Waals surface area contributed by atoms with Crippen LogP contribution in [-0.2, 0) is 21.7 Å². The van der Waals surface area contributed by atoms with E-state index in [1.807, 2.05) is 0 Å². The van der Waals surface area contributed by atoms with Crippen molar-refractivity contribution in [1.29, 1.82) is 10.5 Å². The molecule has 0 fully saturated rings. The molecule has 5 rings (SSSR count). The van der Waals surface area contributed by atoms with Crippen LogP contribution < -0.4 is 0 Å². The number of hydrogen-bond acceptors (Lipinski definition) is 6. The van der Waals surface area contributed by atoms with Gasteiger partial charge in [-0.3, -0.25) is 0 Å². The van der Waals surface area contributed by atoms with Crippen LogP contribution in [0.1, 0.15) is 116 Å². The van der Waals surface area contributed by atoms with Crippen molar-refractivity contribution in [3.05, 3.63) is 130 Å². The normalized spacial score (nSPS) is 12.3. The first-order valence-electron chi connectivity index (χ1n) is 18.4. The Labute approximate surface area is 342 Å². The molecule has 0 radical (unpaired) electrons. The molecule has 0 atom stereocenters. The van der Waals surface area contributed by atoms with Gasteiger partial charge in [-0.05, 0) is 92.4 Å². The predicted molar refractivity (Wildman–Crippen MR) is 233 cm³/mol. The molecule has 2 nitrogen and oxygen atoms in total. The molecule has 6 heteroatoms. The Morgan fingerprint density at radius 2 is 0.500 bits per heavy atom. The minimum absolute atomic E-state index is 0.0194. The van der Waals surface area contributed by atoms with Crippen molar-refractivity contribution in [3.63, 3.8) is 0 Å². The maximum Gasteiger partial charge on any atom is 0.102 e. The number of hydrogen-bond donors (Lipinski definition) is 0. The molecule has 0 saturated heterocycles. The van der Waals surface area contributed by atoms with Crippen LogP contribution in [-0.4, -0.2) is 0 Å². The summed E-state index contributed by atoms with van der Waals surface area (Å²) in [5, 5.41) is 21.9. The zero-order chi connectivity index (χ0) is 39.6. The summed E-state index contributed by atoms with van der Waals surface area (Å²) in [6.07, 6.45) is 0. The van der Waals surface area contributed by atoms with Crippen LogP contribution >= 0.6 is 47.0 Å². The summed E-state index contributed by atoms with van der Waals surface area (Å²) in [6, 6.07) is 39.9. The van der Waals surface area contributed by atoms with E-state index in [4.69, 9.17) is 0 Å².